The van der Waals surface area contributed by atoms with E-state index in [4.69, 9.17) is 0 Å². The van der Waals surface area contributed by atoms with E-state index in [1.165, 1.54) is 29.7 Å². The van der Waals surface area contributed by atoms with E-state index in [0.29, 0.717) is 18.0 Å². The summed E-state index contributed by atoms with van der Waals surface area (Å²) in [4.78, 5) is 5.05. The first-order valence-electron chi connectivity index (χ1n) is 9.66. The Bertz CT molecular complexity index is 953. The molecule has 0 spiro atoms. The Morgan fingerprint density at radius 1 is 1.15 bits per heavy atom. The monoisotopic (exact) mass is 371 g/mol. The number of rotatable bonds is 5. The molecule has 0 bridgehead atoms. The second kappa shape index (κ2) is 5.92. The van der Waals surface area contributed by atoms with Gasteiger partial charge in [0, 0.05) is 37.4 Å². The van der Waals surface area contributed by atoms with E-state index in [1.807, 2.05) is 18.3 Å². The quantitative estimate of drug-likeness (QED) is 0.812. The van der Waals surface area contributed by atoms with Crippen LogP contribution >= 0.6 is 0 Å². The van der Waals surface area contributed by atoms with Gasteiger partial charge in [-0.15, -0.1) is 0 Å². The van der Waals surface area contributed by atoms with Crippen LogP contribution in [0, 0.1) is 12.8 Å². The Kier molecular flexibility index (Phi) is 3.76. The molecule has 0 N–H and O–H groups in total. The molecule has 6 heteroatoms. The molecule has 1 saturated carbocycles. The van der Waals surface area contributed by atoms with Gasteiger partial charge in [0.15, 0.2) is 0 Å². The molecule has 0 atom stereocenters. The lowest BCUT2D eigenvalue weighted by atomic mass is 10.0. The third-order valence-corrected chi connectivity index (χ3v) is 7.97. The van der Waals surface area contributed by atoms with Crippen molar-refractivity contribution < 1.29 is 8.42 Å². The Labute approximate surface area is 155 Å². The highest BCUT2D eigenvalue weighted by molar-refractivity contribution is 7.89. The summed E-state index contributed by atoms with van der Waals surface area (Å²) in [5.74, 6) is 2.06. The molecule has 2 aromatic rings. The molecule has 1 aromatic heterocycles. The number of fused-ring (bicyclic) bond motifs is 1. The summed E-state index contributed by atoms with van der Waals surface area (Å²) < 4.78 is 29.9. The van der Waals surface area contributed by atoms with Crippen molar-refractivity contribution in [3.8, 4) is 0 Å². The van der Waals surface area contributed by atoms with Gasteiger partial charge < -0.3 is 4.57 Å². The largest absolute Gasteiger partial charge is 0.332 e. The minimum absolute atomic E-state index is 0.214. The van der Waals surface area contributed by atoms with Gasteiger partial charge in [0.05, 0.1) is 4.90 Å². The lowest BCUT2D eigenvalue weighted by molar-refractivity contribution is 0.250. The summed E-state index contributed by atoms with van der Waals surface area (Å²) in [5, 5.41) is 0. The topological polar surface area (TPSA) is 55.2 Å². The van der Waals surface area contributed by atoms with Gasteiger partial charge in [0.25, 0.3) is 0 Å². The Morgan fingerprint density at radius 3 is 2.69 bits per heavy atom. The van der Waals surface area contributed by atoms with Gasteiger partial charge >= 0.3 is 0 Å². The summed E-state index contributed by atoms with van der Waals surface area (Å²) in [6.07, 6.45) is 7.74. The van der Waals surface area contributed by atoms with Crippen LogP contribution in [0.15, 0.2) is 29.3 Å². The number of aryl methyl sites for hydroxylation is 3. The van der Waals surface area contributed by atoms with Crippen LogP contribution in [0.5, 0.6) is 0 Å². The highest BCUT2D eigenvalue weighted by Gasteiger charge is 2.40. The minimum Gasteiger partial charge on any atom is -0.332 e. The van der Waals surface area contributed by atoms with E-state index in [-0.39, 0.29) is 5.92 Å². The van der Waals surface area contributed by atoms with Crippen molar-refractivity contribution in [2.75, 3.05) is 13.1 Å². The van der Waals surface area contributed by atoms with E-state index >= 15 is 0 Å². The molecular formula is C20H25N3O2S. The fraction of sp³-hybridized carbons (Fsp3) is 0.550. The van der Waals surface area contributed by atoms with Gasteiger partial charge in [-0.3, -0.25) is 0 Å². The van der Waals surface area contributed by atoms with Crippen molar-refractivity contribution in [3.05, 3.63) is 47.0 Å². The summed E-state index contributed by atoms with van der Waals surface area (Å²) >= 11 is 0. The number of nitrogens with zero attached hydrogens (tertiary/aromatic N) is 3. The van der Waals surface area contributed by atoms with Crippen molar-refractivity contribution in [2.24, 2.45) is 5.92 Å². The van der Waals surface area contributed by atoms with Crippen LogP contribution in [-0.4, -0.2) is 35.4 Å². The number of sulfonamides is 1. The first kappa shape index (κ1) is 16.5. The lowest BCUT2D eigenvalue weighted by Crippen LogP contribution is -2.49. The average Bonchev–Trinajstić information content (AvgIpc) is 3.15. The van der Waals surface area contributed by atoms with E-state index in [9.17, 15) is 8.42 Å². The molecule has 0 amide bonds. The third kappa shape index (κ3) is 2.70. The number of imidazole rings is 1. The zero-order valence-electron chi connectivity index (χ0n) is 15.2. The van der Waals surface area contributed by atoms with Crippen molar-refractivity contribution in [2.45, 2.75) is 56.4 Å². The number of hydrogen-bond acceptors (Lipinski definition) is 3. The zero-order valence-corrected chi connectivity index (χ0v) is 16.0. The second-order valence-electron chi connectivity index (χ2n) is 8.11. The van der Waals surface area contributed by atoms with E-state index < -0.39 is 10.0 Å². The van der Waals surface area contributed by atoms with Crippen molar-refractivity contribution in [1.82, 2.24) is 13.9 Å². The van der Waals surface area contributed by atoms with E-state index in [1.54, 1.807) is 10.4 Å². The van der Waals surface area contributed by atoms with Crippen molar-refractivity contribution >= 4 is 10.0 Å². The molecule has 2 heterocycles. The Hall–Kier alpha value is -1.66. The molecule has 1 aromatic carbocycles. The smallest absolute Gasteiger partial charge is 0.243 e. The summed E-state index contributed by atoms with van der Waals surface area (Å²) in [7, 11) is -3.39. The molecule has 1 saturated heterocycles. The number of aromatic nitrogens is 2. The lowest BCUT2D eigenvalue weighted by Gasteiger charge is -2.38. The third-order valence-electron chi connectivity index (χ3n) is 6.14. The van der Waals surface area contributed by atoms with E-state index in [0.717, 1.165) is 37.5 Å². The molecule has 0 unspecified atom stereocenters. The van der Waals surface area contributed by atoms with Crippen LogP contribution in [-0.2, 0) is 29.4 Å². The second-order valence-corrected chi connectivity index (χ2v) is 10.1. The maximum Gasteiger partial charge on any atom is 0.243 e. The standard InChI is InChI=1S/C20H25N3O2S/c1-14-10-21-20(23(14)11-15-5-6-15)18-12-22(13-18)26(24,25)19-8-7-16-3-2-4-17(16)9-19/h7-10,15,18H,2-6,11-13H2,1H3. The van der Waals surface area contributed by atoms with Gasteiger partial charge in [-0.1, -0.05) is 6.07 Å². The van der Waals surface area contributed by atoms with Crippen LogP contribution in [0.25, 0.3) is 0 Å². The van der Waals surface area contributed by atoms with E-state index in [2.05, 4.69) is 16.5 Å². The van der Waals surface area contributed by atoms with Gasteiger partial charge in [0.1, 0.15) is 5.82 Å². The maximum atomic E-state index is 13.0. The normalized spacial score (nSPS) is 21.0. The van der Waals surface area contributed by atoms with Crippen LogP contribution < -0.4 is 0 Å². The summed E-state index contributed by atoms with van der Waals surface area (Å²) in [5.41, 5.74) is 3.70. The Morgan fingerprint density at radius 2 is 1.92 bits per heavy atom. The first-order chi connectivity index (χ1) is 12.5. The molecule has 3 aliphatic rings. The molecule has 5 nitrogen and oxygen atoms in total. The van der Waals surface area contributed by atoms with Crippen LogP contribution in [0.2, 0.25) is 0 Å². The molecule has 138 valence electrons. The minimum atomic E-state index is -3.39. The summed E-state index contributed by atoms with van der Waals surface area (Å²) in [6.45, 7) is 4.22. The SMILES string of the molecule is Cc1cnc(C2CN(S(=O)(=O)c3ccc4c(c3)CCC4)C2)n1CC1CC1. The van der Waals surface area contributed by atoms with Crippen LogP contribution in [0.4, 0.5) is 0 Å². The molecule has 5 rings (SSSR count). The fourth-order valence-electron chi connectivity index (χ4n) is 4.26. The molecule has 0 radical (unpaired) electrons. The highest BCUT2D eigenvalue weighted by atomic mass is 32.2. The number of benzene rings is 1. The van der Waals surface area contributed by atoms with Gasteiger partial charge in [-0.05, 0) is 68.2 Å². The maximum absolute atomic E-state index is 13.0. The van der Waals surface area contributed by atoms with Crippen LogP contribution in [0.1, 0.15) is 47.8 Å². The Balaban J connectivity index is 1.33. The molecule has 2 fully saturated rings. The van der Waals surface area contributed by atoms with Gasteiger partial charge in [-0.2, -0.15) is 4.31 Å². The summed E-state index contributed by atoms with van der Waals surface area (Å²) in [6, 6.07) is 5.67. The zero-order chi connectivity index (χ0) is 17.9. The van der Waals surface area contributed by atoms with Crippen molar-refractivity contribution in [1.29, 1.82) is 0 Å². The van der Waals surface area contributed by atoms with Gasteiger partial charge in [-0.25, -0.2) is 13.4 Å². The highest BCUT2D eigenvalue weighted by Crippen LogP contribution is 2.36. The molecule has 2 aliphatic carbocycles. The average molecular weight is 372 g/mol. The molecular weight excluding hydrogens is 346 g/mol. The predicted molar refractivity (Wildman–Crippen MR) is 99.7 cm³/mol. The van der Waals surface area contributed by atoms with Gasteiger partial charge in [0.2, 0.25) is 10.0 Å². The molecule has 1 aliphatic heterocycles. The first-order valence-corrected chi connectivity index (χ1v) is 11.1. The van der Waals surface area contributed by atoms with Crippen LogP contribution in [0.3, 0.4) is 0 Å². The van der Waals surface area contributed by atoms with Crippen molar-refractivity contribution in [3.63, 3.8) is 0 Å². The predicted octanol–water partition coefficient (Wildman–Crippen LogP) is 2.88. The fourth-order valence-corrected chi connectivity index (χ4v) is 5.84. The molecule has 26 heavy (non-hydrogen) atoms. The number of hydrogen-bond donors (Lipinski definition) is 0.